The van der Waals surface area contributed by atoms with Crippen LogP contribution in [0.3, 0.4) is 0 Å². The van der Waals surface area contributed by atoms with E-state index in [2.05, 4.69) is 38.1 Å². The lowest BCUT2D eigenvalue weighted by molar-refractivity contribution is 0.302. The summed E-state index contributed by atoms with van der Waals surface area (Å²) in [5, 5.41) is 0. The minimum atomic E-state index is 0.840. The average Bonchev–Trinajstić information content (AvgIpc) is 2.59. The van der Waals surface area contributed by atoms with Crippen LogP contribution in [-0.4, -0.2) is 0 Å². The van der Waals surface area contributed by atoms with Crippen molar-refractivity contribution in [1.82, 2.24) is 0 Å². The van der Waals surface area contributed by atoms with Gasteiger partial charge < -0.3 is 0 Å². The fourth-order valence-corrected chi connectivity index (χ4v) is 4.02. The third-order valence-electron chi connectivity index (χ3n) is 5.67. The molecule has 1 fully saturated rings. The van der Waals surface area contributed by atoms with Gasteiger partial charge >= 0.3 is 0 Å². The van der Waals surface area contributed by atoms with E-state index in [4.69, 9.17) is 0 Å². The van der Waals surface area contributed by atoms with Crippen LogP contribution < -0.4 is 0 Å². The van der Waals surface area contributed by atoms with Crippen molar-refractivity contribution in [1.29, 1.82) is 0 Å². The van der Waals surface area contributed by atoms with Crippen LogP contribution in [0, 0.1) is 5.92 Å². The summed E-state index contributed by atoms with van der Waals surface area (Å²) in [6.45, 7) is 4.54. The first-order valence-corrected chi connectivity index (χ1v) is 9.92. The number of unbranched alkanes of at least 4 members (excludes halogenated alkanes) is 5. The molecular weight excluding hydrogens is 264 g/mol. The van der Waals surface area contributed by atoms with Crippen molar-refractivity contribution in [2.45, 2.75) is 96.8 Å². The Morgan fingerprint density at radius 1 is 0.773 bits per heavy atom. The van der Waals surface area contributed by atoms with Crippen LogP contribution in [0.25, 0.3) is 0 Å². The molecule has 1 aromatic carbocycles. The number of hydrogen-bond acceptors (Lipinski definition) is 0. The summed E-state index contributed by atoms with van der Waals surface area (Å²) in [5.41, 5.74) is 3.07. The molecule has 0 saturated heterocycles. The Kier molecular flexibility index (Phi) is 8.05. The zero-order valence-electron chi connectivity index (χ0n) is 14.9. The molecule has 0 N–H and O–H groups in total. The van der Waals surface area contributed by atoms with E-state index in [9.17, 15) is 0 Å². The standard InChI is InChI=1S/C22H36/c1-3-5-6-7-8-9-10-20-13-17-22(18-14-20)21-15-11-19(4-2)12-16-21/h11-12,15-16,20,22H,3-10,13-14,17-18H2,1-2H3. The molecule has 0 nitrogen and oxygen atoms in total. The van der Waals surface area contributed by atoms with Crippen LogP contribution in [0.2, 0.25) is 0 Å². The Labute approximate surface area is 138 Å². The largest absolute Gasteiger partial charge is 0.0654 e. The van der Waals surface area contributed by atoms with Gasteiger partial charge in [0, 0.05) is 0 Å². The summed E-state index contributed by atoms with van der Waals surface area (Å²) in [4.78, 5) is 0. The monoisotopic (exact) mass is 300 g/mol. The summed E-state index contributed by atoms with van der Waals surface area (Å²) in [6.07, 6.45) is 17.1. The van der Waals surface area contributed by atoms with Crippen molar-refractivity contribution in [2.24, 2.45) is 5.92 Å². The molecule has 22 heavy (non-hydrogen) atoms. The van der Waals surface area contributed by atoms with Gasteiger partial charge in [0.05, 0.1) is 0 Å². The van der Waals surface area contributed by atoms with Gasteiger partial charge in [0.25, 0.3) is 0 Å². The van der Waals surface area contributed by atoms with Gasteiger partial charge in [-0.1, -0.05) is 83.1 Å². The maximum Gasteiger partial charge on any atom is -0.0162 e. The molecule has 1 aliphatic carbocycles. The highest BCUT2D eigenvalue weighted by Crippen LogP contribution is 2.37. The minimum absolute atomic E-state index is 0.840. The molecule has 1 saturated carbocycles. The van der Waals surface area contributed by atoms with Gasteiger partial charge in [-0.3, -0.25) is 0 Å². The molecule has 124 valence electrons. The third-order valence-corrected chi connectivity index (χ3v) is 5.67. The normalized spacial score (nSPS) is 21.9. The second-order valence-electron chi connectivity index (χ2n) is 7.37. The Balaban J connectivity index is 1.62. The summed E-state index contributed by atoms with van der Waals surface area (Å²) < 4.78 is 0. The van der Waals surface area contributed by atoms with Crippen LogP contribution in [-0.2, 0) is 6.42 Å². The lowest BCUT2D eigenvalue weighted by Gasteiger charge is -2.29. The summed E-state index contributed by atoms with van der Waals surface area (Å²) in [6, 6.07) is 9.44. The Bertz CT molecular complexity index is 381. The van der Waals surface area contributed by atoms with Crippen LogP contribution in [0.5, 0.6) is 0 Å². The molecular formula is C22H36. The highest BCUT2D eigenvalue weighted by atomic mass is 14.3. The fourth-order valence-electron chi connectivity index (χ4n) is 4.02. The van der Waals surface area contributed by atoms with Gasteiger partial charge in [-0.25, -0.2) is 0 Å². The topological polar surface area (TPSA) is 0 Å². The number of rotatable bonds is 9. The third kappa shape index (κ3) is 5.78. The summed E-state index contributed by atoms with van der Waals surface area (Å²) in [5.74, 6) is 1.86. The molecule has 1 aromatic rings. The zero-order valence-corrected chi connectivity index (χ0v) is 14.9. The van der Waals surface area contributed by atoms with E-state index in [1.165, 1.54) is 76.2 Å². The Morgan fingerprint density at radius 2 is 1.41 bits per heavy atom. The second kappa shape index (κ2) is 10.1. The number of benzene rings is 1. The van der Waals surface area contributed by atoms with E-state index in [0.717, 1.165) is 18.3 Å². The van der Waals surface area contributed by atoms with Gasteiger partial charge in [0.2, 0.25) is 0 Å². The van der Waals surface area contributed by atoms with E-state index in [1.54, 1.807) is 5.56 Å². The second-order valence-corrected chi connectivity index (χ2v) is 7.37. The van der Waals surface area contributed by atoms with Crippen molar-refractivity contribution in [3.05, 3.63) is 35.4 Å². The molecule has 0 spiro atoms. The highest BCUT2D eigenvalue weighted by Gasteiger charge is 2.21. The fraction of sp³-hybridized carbons (Fsp3) is 0.727. The van der Waals surface area contributed by atoms with Gasteiger partial charge in [-0.05, 0) is 55.1 Å². The zero-order chi connectivity index (χ0) is 15.6. The van der Waals surface area contributed by atoms with E-state index >= 15 is 0 Å². The maximum absolute atomic E-state index is 2.39. The average molecular weight is 301 g/mol. The minimum Gasteiger partial charge on any atom is -0.0654 e. The molecule has 2 rings (SSSR count). The van der Waals surface area contributed by atoms with Crippen molar-refractivity contribution in [3.8, 4) is 0 Å². The van der Waals surface area contributed by atoms with E-state index < -0.39 is 0 Å². The highest BCUT2D eigenvalue weighted by molar-refractivity contribution is 5.25. The van der Waals surface area contributed by atoms with Crippen LogP contribution in [0.4, 0.5) is 0 Å². The van der Waals surface area contributed by atoms with Crippen LogP contribution >= 0.6 is 0 Å². The van der Waals surface area contributed by atoms with E-state index in [-0.39, 0.29) is 0 Å². The van der Waals surface area contributed by atoms with Crippen LogP contribution in [0.1, 0.15) is 102 Å². The molecule has 0 aromatic heterocycles. The SMILES string of the molecule is CCCCCCCCC1CCC(c2ccc(CC)cc2)CC1. The van der Waals surface area contributed by atoms with E-state index in [1.807, 2.05) is 0 Å². The molecule has 0 radical (unpaired) electrons. The molecule has 0 heteroatoms. The van der Waals surface area contributed by atoms with Crippen molar-refractivity contribution in [2.75, 3.05) is 0 Å². The van der Waals surface area contributed by atoms with Gasteiger partial charge in [-0.15, -0.1) is 0 Å². The predicted octanol–water partition coefficient (Wildman–Crippen LogP) is 7.27. The van der Waals surface area contributed by atoms with Crippen molar-refractivity contribution < 1.29 is 0 Å². The molecule has 0 aliphatic heterocycles. The molecule has 0 heterocycles. The van der Waals surface area contributed by atoms with Gasteiger partial charge in [0.1, 0.15) is 0 Å². The quantitative estimate of drug-likeness (QED) is 0.420. The Morgan fingerprint density at radius 3 is 2.05 bits per heavy atom. The first kappa shape index (κ1) is 17.6. The van der Waals surface area contributed by atoms with Crippen LogP contribution in [0.15, 0.2) is 24.3 Å². The first-order chi connectivity index (χ1) is 10.8. The predicted molar refractivity (Wildman–Crippen MR) is 98.5 cm³/mol. The van der Waals surface area contributed by atoms with Crippen molar-refractivity contribution in [3.63, 3.8) is 0 Å². The molecule has 0 bridgehead atoms. The molecule has 1 aliphatic rings. The summed E-state index contributed by atoms with van der Waals surface area (Å²) >= 11 is 0. The smallest absolute Gasteiger partial charge is 0.0162 e. The van der Waals surface area contributed by atoms with Gasteiger partial charge in [-0.2, -0.15) is 0 Å². The molecule has 0 atom stereocenters. The molecule has 0 amide bonds. The van der Waals surface area contributed by atoms with Crippen molar-refractivity contribution >= 4 is 0 Å². The number of aryl methyl sites for hydroxylation is 1. The number of hydrogen-bond donors (Lipinski definition) is 0. The summed E-state index contributed by atoms with van der Waals surface area (Å²) in [7, 11) is 0. The first-order valence-electron chi connectivity index (χ1n) is 9.92. The lowest BCUT2D eigenvalue weighted by atomic mass is 9.77. The van der Waals surface area contributed by atoms with Gasteiger partial charge in [0.15, 0.2) is 0 Å². The molecule has 0 unspecified atom stereocenters. The van der Waals surface area contributed by atoms with E-state index in [0.29, 0.717) is 0 Å². The lowest BCUT2D eigenvalue weighted by Crippen LogP contribution is -2.13. The maximum atomic E-state index is 2.39. The Hall–Kier alpha value is -0.780.